The monoisotopic (exact) mass is 154 g/mol. The second-order valence-corrected chi connectivity index (χ2v) is 3.74. The summed E-state index contributed by atoms with van der Waals surface area (Å²) in [5, 5.41) is 0. The van der Waals surface area contributed by atoms with Crippen LogP contribution in [0.25, 0.3) is 0 Å². The molecule has 1 fully saturated rings. The Labute approximate surface area is 70.8 Å². The van der Waals surface area contributed by atoms with Crippen LogP contribution in [0, 0.1) is 12.8 Å². The van der Waals surface area contributed by atoms with Gasteiger partial charge in [-0.1, -0.05) is 26.2 Å². The van der Waals surface area contributed by atoms with Crippen LogP contribution in [-0.4, -0.2) is 25.0 Å². The van der Waals surface area contributed by atoms with E-state index in [4.69, 9.17) is 0 Å². The van der Waals surface area contributed by atoms with E-state index in [2.05, 4.69) is 18.9 Å². The molecule has 1 aliphatic heterocycles. The zero-order valence-corrected chi connectivity index (χ0v) is 7.68. The minimum Gasteiger partial charge on any atom is -0.306 e. The van der Waals surface area contributed by atoms with Gasteiger partial charge in [0.1, 0.15) is 0 Å². The van der Waals surface area contributed by atoms with Gasteiger partial charge in [0.2, 0.25) is 0 Å². The van der Waals surface area contributed by atoms with E-state index in [1.165, 1.54) is 38.8 Å². The molecule has 0 unspecified atom stereocenters. The van der Waals surface area contributed by atoms with E-state index in [0.717, 1.165) is 12.3 Å². The SMILES string of the molecule is [CH2]CCCC1CCN(C)CC1. The van der Waals surface area contributed by atoms with Crippen molar-refractivity contribution in [2.24, 2.45) is 5.92 Å². The van der Waals surface area contributed by atoms with Crippen LogP contribution in [0.1, 0.15) is 32.1 Å². The molecule has 1 saturated heterocycles. The molecule has 65 valence electrons. The van der Waals surface area contributed by atoms with E-state index >= 15 is 0 Å². The van der Waals surface area contributed by atoms with E-state index in [1.807, 2.05) is 0 Å². The van der Waals surface area contributed by atoms with Gasteiger partial charge in [-0.25, -0.2) is 0 Å². The second-order valence-electron chi connectivity index (χ2n) is 3.74. The molecule has 1 aliphatic rings. The molecule has 1 nitrogen and oxygen atoms in total. The lowest BCUT2D eigenvalue weighted by Gasteiger charge is -2.28. The second kappa shape index (κ2) is 4.76. The molecule has 0 spiro atoms. The van der Waals surface area contributed by atoms with Crippen LogP contribution in [0.3, 0.4) is 0 Å². The van der Waals surface area contributed by atoms with Crippen LogP contribution < -0.4 is 0 Å². The van der Waals surface area contributed by atoms with Crippen molar-refractivity contribution in [3.05, 3.63) is 6.92 Å². The van der Waals surface area contributed by atoms with Crippen molar-refractivity contribution in [1.29, 1.82) is 0 Å². The Kier molecular flexibility index (Phi) is 3.92. The van der Waals surface area contributed by atoms with Gasteiger partial charge in [-0.05, 0) is 38.9 Å². The van der Waals surface area contributed by atoms with Crippen molar-refractivity contribution in [2.75, 3.05) is 20.1 Å². The van der Waals surface area contributed by atoms with Crippen LogP contribution in [-0.2, 0) is 0 Å². The molecule has 0 atom stereocenters. The van der Waals surface area contributed by atoms with Gasteiger partial charge in [-0.2, -0.15) is 0 Å². The number of hydrogen-bond donors (Lipinski definition) is 0. The normalized spacial score (nSPS) is 22.4. The third-order valence-electron chi connectivity index (χ3n) is 2.70. The Morgan fingerprint density at radius 1 is 1.36 bits per heavy atom. The van der Waals surface area contributed by atoms with E-state index < -0.39 is 0 Å². The zero-order valence-electron chi connectivity index (χ0n) is 7.68. The Balaban J connectivity index is 2.07. The molecule has 0 amide bonds. The first-order valence-corrected chi connectivity index (χ1v) is 4.80. The Morgan fingerprint density at radius 3 is 2.55 bits per heavy atom. The molecule has 0 N–H and O–H groups in total. The van der Waals surface area contributed by atoms with Crippen LogP contribution in [0.2, 0.25) is 0 Å². The predicted molar refractivity (Wildman–Crippen MR) is 49.4 cm³/mol. The minimum atomic E-state index is 1.01. The van der Waals surface area contributed by atoms with Crippen molar-refractivity contribution >= 4 is 0 Å². The highest BCUT2D eigenvalue weighted by atomic mass is 15.1. The molecule has 0 aliphatic carbocycles. The summed E-state index contributed by atoms with van der Waals surface area (Å²) in [6.07, 6.45) is 6.69. The van der Waals surface area contributed by atoms with Gasteiger partial charge < -0.3 is 4.90 Å². The Bertz CT molecular complexity index is 90.3. The first kappa shape index (κ1) is 9.05. The van der Waals surface area contributed by atoms with Crippen molar-refractivity contribution < 1.29 is 0 Å². The van der Waals surface area contributed by atoms with Gasteiger partial charge in [0.05, 0.1) is 0 Å². The summed E-state index contributed by atoms with van der Waals surface area (Å²) in [6, 6.07) is 0. The molecule has 11 heavy (non-hydrogen) atoms. The lowest BCUT2D eigenvalue weighted by atomic mass is 9.92. The number of rotatable bonds is 3. The fraction of sp³-hybridized carbons (Fsp3) is 0.900. The molecule has 0 saturated carbocycles. The van der Waals surface area contributed by atoms with Crippen LogP contribution in [0.15, 0.2) is 0 Å². The Hall–Kier alpha value is -0.0400. The highest BCUT2D eigenvalue weighted by molar-refractivity contribution is 4.69. The van der Waals surface area contributed by atoms with Crippen LogP contribution >= 0.6 is 0 Å². The minimum absolute atomic E-state index is 1.01. The maximum Gasteiger partial charge on any atom is -0.00191 e. The molecule has 1 heteroatoms. The molecular weight excluding hydrogens is 134 g/mol. The number of unbranched alkanes of at least 4 members (excludes halogenated alkanes) is 1. The van der Waals surface area contributed by atoms with Gasteiger partial charge in [0.25, 0.3) is 0 Å². The summed E-state index contributed by atoms with van der Waals surface area (Å²) < 4.78 is 0. The molecule has 1 radical (unpaired) electrons. The number of piperidine rings is 1. The topological polar surface area (TPSA) is 3.24 Å². The van der Waals surface area contributed by atoms with Gasteiger partial charge in [-0.15, -0.1) is 0 Å². The van der Waals surface area contributed by atoms with Gasteiger partial charge >= 0.3 is 0 Å². The van der Waals surface area contributed by atoms with Crippen molar-refractivity contribution in [3.63, 3.8) is 0 Å². The van der Waals surface area contributed by atoms with Gasteiger partial charge in [-0.3, -0.25) is 0 Å². The average Bonchev–Trinajstić information content (AvgIpc) is 2.04. The summed E-state index contributed by atoms with van der Waals surface area (Å²) in [5.41, 5.74) is 0. The van der Waals surface area contributed by atoms with Gasteiger partial charge in [0, 0.05) is 0 Å². The maximum atomic E-state index is 3.87. The summed E-state index contributed by atoms with van der Waals surface area (Å²) in [4.78, 5) is 2.43. The number of likely N-dealkylation sites (tertiary alicyclic amines) is 1. The van der Waals surface area contributed by atoms with Crippen LogP contribution in [0.4, 0.5) is 0 Å². The lowest BCUT2D eigenvalue weighted by Crippen LogP contribution is -2.30. The highest BCUT2D eigenvalue weighted by Gasteiger charge is 2.15. The predicted octanol–water partition coefficient (Wildman–Crippen LogP) is 2.33. The largest absolute Gasteiger partial charge is 0.306 e. The zero-order chi connectivity index (χ0) is 8.10. The van der Waals surface area contributed by atoms with Crippen molar-refractivity contribution in [1.82, 2.24) is 4.90 Å². The summed E-state index contributed by atoms with van der Waals surface area (Å²) in [7, 11) is 2.22. The number of nitrogens with zero attached hydrogens (tertiary/aromatic N) is 1. The third kappa shape index (κ3) is 3.24. The molecule has 0 aromatic carbocycles. The molecule has 0 aromatic rings. The molecule has 0 bridgehead atoms. The first-order valence-electron chi connectivity index (χ1n) is 4.80. The summed E-state index contributed by atoms with van der Waals surface area (Å²) in [5.74, 6) is 1.01. The lowest BCUT2D eigenvalue weighted by molar-refractivity contribution is 0.210. The molecule has 1 rings (SSSR count). The summed E-state index contributed by atoms with van der Waals surface area (Å²) in [6.45, 7) is 6.49. The van der Waals surface area contributed by atoms with E-state index in [0.29, 0.717) is 0 Å². The van der Waals surface area contributed by atoms with Gasteiger partial charge in [0.15, 0.2) is 0 Å². The fourth-order valence-corrected chi connectivity index (χ4v) is 1.78. The van der Waals surface area contributed by atoms with E-state index in [9.17, 15) is 0 Å². The summed E-state index contributed by atoms with van der Waals surface area (Å²) >= 11 is 0. The standard InChI is InChI=1S/C10H20N/c1-3-4-5-10-6-8-11(2)9-7-10/h10H,1,3-9H2,2H3. The first-order chi connectivity index (χ1) is 5.33. The molecule has 0 aromatic heterocycles. The quantitative estimate of drug-likeness (QED) is 0.603. The maximum absolute atomic E-state index is 3.87. The van der Waals surface area contributed by atoms with Crippen molar-refractivity contribution in [2.45, 2.75) is 32.1 Å². The highest BCUT2D eigenvalue weighted by Crippen LogP contribution is 2.21. The van der Waals surface area contributed by atoms with E-state index in [1.54, 1.807) is 0 Å². The fourth-order valence-electron chi connectivity index (χ4n) is 1.78. The Morgan fingerprint density at radius 2 is 2.00 bits per heavy atom. The molecule has 1 heterocycles. The van der Waals surface area contributed by atoms with Crippen LogP contribution in [0.5, 0.6) is 0 Å². The van der Waals surface area contributed by atoms with E-state index in [-0.39, 0.29) is 0 Å². The molecular formula is C10H20N. The third-order valence-corrected chi connectivity index (χ3v) is 2.70. The average molecular weight is 154 g/mol. The smallest absolute Gasteiger partial charge is 0.00191 e. The van der Waals surface area contributed by atoms with Crippen molar-refractivity contribution in [3.8, 4) is 0 Å². The number of hydrogen-bond acceptors (Lipinski definition) is 1.